The molecule has 7 heteroatoms. The zero-order valence-corrected chi connectivity index (χ0v) is 16.4. The van der Waals surface area contributed by atoms with Gasteiger partial charge in [-0.3, -0.25) is 10.1 Å². The summed E-state index contributed by atoms with van der Waals surface area (Å²) < 4.78 is 0. The Hall–Kier alpha value is -2.22. The molecule has 1 aliphatic heterocycles. The summed E-state index contributed by atoms with van der Waals surface area (Å²) in [5, 5.41) is 7.89. The molecule has 3 aromatic rings. The van der Waals surface area contributed by atoms with Gasteiger partial charge in [0.05, 0.1) is 0 Å². The van der Waals surface area contributed by atoms with Gasteiger partial charge in [-0.05, 0) is 68.2 Å². The lowest BCUT2D eigenvalue weighted by Crippen LogP contribution is -2.26. The topological polar surface area (TPSA) is 66.9 Å². The van der Waals surface area contributed by atoms with Crippen molar-refractivity contribution in [1.29, 1.82) is 0 Å². The molecular weight excluding hydrogens is 376 g/mol. The predicted octanol–water partition coefficient (Wildman–Crippen LogP) is 4.41. The highest BCUT2D eigenvalue weighted by Crippen LogP contribution is 2.32. The summed E-state index contributed by atoms with van der Waals surface area (Å²) in [4.78, 5) is 23.5. The van der Waals surface area contributed by atoms with Crippen molar-refractivity contribution < 1.29 is 4.79 Å². The third kappa shape index (κ3) is 4.74. The molecule has 4 rings (SSSR count). The van der Waals surface area contributed by atoms with Crippen LogP contribution in [0.25, 0.3) is 0 Å². The number of amides is 1. The van der Waals surface area contributed by atoms with E-state index in [4.69, 9.17) is 0 Å². The Kier molecular flexibility index (Phi) is 5.81. The predicted molar refractivity (Wildman–Crippen MR) is 110 cm³/mol. The molecular formula is C20H20N4OS2. The van der Waals surface area contributed by atoms with Crippen LogP contribution in [-0.2, 0) is 0 Å². The van der Waals surface area contributed by atoms with E-state index in [1.807, 2.05) is 48.7 Å². The molecule has 0 radical (unpaired) electrons. The van der Waals surface area contributed by atoms with E-state index in [1.54, 1.807) is 29.3 Å². The fraction of sp³-hybridized carbons (Fsp3) is 0.250. The first-order valence-electron chi connectivity index (χ1n) is 8.95. The molecule has 0 saturated carbocycles. The molecule has 3 heterocycles. The van der Waals surface area contributed by atoms with Gasteiger partial charge in [-0.25, -0.2) is 9.97 Å². The molecule has 2 aromatic heterocycles. The number of anilines is 1. The van der Waals surface area contributed by atoms with Gasteiger partial charge in [0.1, 0.15) is 5.03 Å². The Balaban J connectivity index is 1.37. The van der Waals surface area contributed by atoms with E-state index < -0.39 is 0 Å². The zero-order valence-electron chi connectivity index (χ0n) is 14.7. The lowest BCUT2D eigenvalue weighted by molar-refractivity contribution is 0.102. The summed E-state index contributed by atoms with van der Waals surface area (Å²) in [5.41, 5.74) is 0.624. The lowest BCUT2D eigenvalue weighted by atomic mass is 9.97. The zero-order chi connectivity index (χ0) is 18.5. The molecule has 1 amide bonds. The van der Waals surface area contributed by atoms with Crippen molar-refractivity contribution in [2.24, 2.45) is 0 Å². The SMILES string of the molecule is O=C(Nc1ncc(C2CCNCC2)s1)c1ccc(Sc2ccccn2)cc1. The molecule has 1 aliphatic rings. The Morgan fingerprint density at radius 3 is 2.67 bits per heavy atom. The minimum absolute atomic E-state index is 0.129. The van der Waals surface area contributed by atoms with Crippen LogP contribution in [0.2, 0.25) is 0 Å². The molecule has 0 unspecified atom stereocenters. The Bertz CT molecular complexity index is 890. The van der Waals surface area contributed by atoms with Gasteiger partial charge >= 0.3 is 0 Å². The minimum atomic E-state index is -0.129. The highest BCUT2D eigenvalue weighted by Gasteiger charge is 2.18. The number of nitrogens with one attached hydrogen (secondary N) is 2. The van der Waals surface area contributed by atoms with Gasteiger partial charge in [0.15, 0.2) is 5.13 Å². The van der Waals surface area contributed by atoms with E-state index in [2.05, 4.69) is 20.6 Å². The van der Waals surface area contributed by atoms with Crippen LogP contribution in [-0.4, -0.2) is 29.0 Å². The Labute approximate surface area is 166 Å². The first kappa shape index (κ1) is 18.2. The molecule has 2 N–H and O–H groups in total. The van der Waals surface area contributed by atoms with Gasteiger partial charge < -0.3 is 5.32 Å². The number of pyridine rings is 1. The molecule has 0 aliphatic carbocycles. The third-order valence-electron chi connectivity index (χ3n) is 4.46. The van der Waals surface area contributed by atoms with Crippen LogP contribution in [0, 0.1) is 0 Å². The highest BCUT2D eigenvalue weighted by molar-refractivity contribution is 7.99. The fourth-order valence-electron chi connectivity index (χ4n) is 3.01. The number of hydrogen-bond acceptors (Lipinski definition) is 6. The largest absolute Gasteiger partial charge is 0.317 e. The molecule has 27 heavy (non-hydrogen) atoms. The number of rotatable bonds is 5. The molecule has 0 spiro atoms. The molecule has 1 fully saturated rings. The normalized spacial score (nSPS) is 14.8. The second kappa shape index (κ2) is 8.65. The number of thiazole rings is 1. The average molecular weight is 397 g/mol. The Morgan fingerprint density at radius 2 is 1.93 bits per heavy atom. The van der Waals surface area contributed by atoms with Gasteiger partial charge in [0.25, 0.3) is 5.91 Å². The van der Waals surface area contributed by atoms with Crippen molar-refractivity contribution in [3.8, 4) is 0 Å². The third-order valence-corrected chi connectivity index (χ3v) is 6.50. The number of benzene rings is 1. The van der Waals surface area contributed by atoms with Crippen LogP contribution in [0.3, 0.4) is 0 Å². The van der Waals surface area contributed by atoms with Crippen LogP contribution >= 0.6 is 23.1 Å². The maximum Gasteiger partial charge on any atom is 0.257 e. The van der Waals surface area contributed by atoms with Crippen LogP contribution in [0.1, 0.15) is 34.0 Å². The lowest BCUT2D eigenvalue weighted by Gasteiger charge is -2.20. The molecule has 5 nitrogen and oxygen atoms in total. The van der Waals surface area contributed by atoms with Gasteiger partial charge in [-0.15, -0.1) is 11.3 Å². The van der Waals surface area contributed by atoms with Crippen molar-refractivity contribution in [3.05, 3.63) is 65.3 Å². The van der Waals surface area contributed by atoms with Crippen molar-refractivity contribution in [2.45, 2.75) is 28.7 Å². The first-order chi connectivity index (χ1) is 13.3. The van der Waals surface area contributed by atoms with E-state index in [1.165, 1.54) is 4.88 Å². The molecule has 138 valence electrons. The van der Waals surface area contributed by atoms with Crippen molar-refractivity contribution in [3.63, 3.8) is 0 Å². The van der Waals surface area contributed by atoms with E-state index in [-0.39, 0.29) is 5.91 Å². The maximum atomic E-state index is 12.5. The van der Waals surface area contributed by atoms with Crippen molar-refractivity contribution in [1.82, 2.24) is 15.3 Å². The Morgan fingerprint density at radius 1 is 1.11 bits per heavy atom. The number of nitrogens with zero attached hydrogens (tertiary/aromatic N) is 2. The second-order valence-electron chi connectivity index (χ2n) is 6.34. The van der Waals surface area contributed by atoms with E-state index >= 15 is 0 Å². The highest BCUT2D eigenvalue weighted by atomic mass is 32.2. The average Bonchev–Trinajstić information content (AvgIpc) is 3.18. The van der Waals surface area contributed by atoms with Crippen LogP contribution in [0.4, 0.5) is 5.13 Å². The number of hydrogen-bond donors (Lipinski definition) is 2. The summed E-state index contributed by atoms with van der Waals surface area (Å²) in [6.45, 7) is 2.10. The van der Waals surface area contributed by atoms with Gasteiger partial charge in [0.2, 0.25) is 0 Å². The fourth-order valence-corrected chi connectivity index (χ4v) is 4.77. The smallest absolute Gasteiger partial charge is 0.257 e. The van der Waals surface area contributed by atoms with E-state index in [9.17, 15) is 4.79 Å². The van der Waals surface area contributed by atoms with E-state index in [0.717, 1.165) is 35.9 Å². The number of aromatic nitrogens is 2. The maximum absolute atomic E-state index is 12.5. The molecule has 1 aromatic carbocycles. The number of carbonyl (C=O) groups is 1. The van der Waals surface area contributed by atoms with Crippen LogP contribution < -0.4 is 10.6 Å². The summed E-state index contributed by atoms with van der Waals surface area (Å²) in [6.07, 6.45) is 5.94. The summed E-state index contributed by atoms with van der Waals surface area (Å²) in [5.74, 6) is 0.424. The van der Waals surface area contributed by atoms with Gasteiger partial charge in [-0.2, -0.15) is 0 Å². The molecule has 0 bridgehead atoms. The number of piperidine rings is 1. The molecule has 0 atom stereocenters. The van der Waals surface area contributed by atoms with Gasteiger partial charge in [0, 0.05) is 27.7 Å². The summed E-state index contributed by atoms with van der Waals surface area (Å²) in [7, 11) is 0. The number of carbonyl (C=O) groups excluding carboxylic acids is 1. The summed E-state index contributed by atoms with van der Waals surface area (Å²) in [6, 6.07) is 13.4. The standard InChI is InChI=1S/C20H20N4OS2/c25-19(24-20-23-13-17(27-20)14-8-11-21-12-9-14)15-4-6-16(7-5-15)26-18-3-1-2-10-22-18/h1-7,10,13-14,21H,8-9,11-12H2,(H,23,24,25). The van der Waals surface area contributed by atoms with Crippen LogP contribution in [0.5, 0.6) is 0 Å². The minimum Gasteiger partial charge on any atom is -0.317 e. The summed E-state index contributed by atoms with van der Waals surface area (Å²) >= 11 is 3.16. The monoisotopic (exact) mass is 396 g/mol. The van der Waals surface area contributed by atoms with Crippen LogP contribution in [0.15, 0.2) is 64.8 Å². The van der Waals surface area contributed by atoms with E-state index in [0.29, 0.717) is 16.6 Å². The molecule has 1 saturated heterocycles. The second-order valence-corrected chi connectivity index (χ2v) is 8.50. The quantitative estimate of drug-likeness (QED) is 0.669. The van der Waals surface area contributed by atoms with Crippen molar-refractivity contribution >= 4 is 34.1 Å². The van der Waals surface area contributed by atoms with Gasteiger partial charge in [-0.1, -0.05) is 17.8 Å². The van der Waals surface area contributed by atoms with Crippen molar-refractivity contribution in [2.75, 3.05) is 18.4 Å². The first-order valence-corrected chi connectivity index (χ1v) is 10.6.